The van der Waals surface area contributed by atoms with Gasteiger partial charge in [0, 0.05) is 19.0 Å². The summed E-state index contributed by atoms with van der Waals surface area (Å²) >= 11 is 0. The van der Waals surface area contributed by atoms with Crippen LogP contribution in [0.15, 0.2) is 0 Å². The number of aromatic nitrogens is 2. The molecule has 0 saturated carbocycles. The molecule has 0 radical (unpaired) electrons. The molecule has 4 nitrogen and oxygen atoms in total. The van der Waals surface area contributed by atoms with Crippen LogP contribution in [0.3, 0.4) is 0 Å². The molecular weight excluding hydrogens is 262 g/mol. The summed E-state index contributed by atoms with van der Waals surface area (Å²) in [6, 6.07) is 0.549. The summed E-state index contributed by atoms with van der Waals surface area (Å²) in [6.45, 7) is 7.37. The predicted molar refractivity (Wildman–Crippen MR) is 83.9 cm³/mol. The molecule has 4 heteroatoms. The highest BCUT2D eigenvalue weighted by Gasteiger charge is 2.29. The highest BCUT2D eigenvalue weighted by atomic mass is 16.1. The molecular formula is C17H25N3O. The van der Waals surface area contributed by atoms with Crippen molar-refractivity contribution in [2.75, 3.05) is 11.4 Å². The van der Waals surface area contributed by atoms with Gasteiger partial charge in [-0.3, -0.25) is 4.79 Å². The van der Waals surface area contributed by atoms with E-state index in [9.17, 15) is 4.79 Å². The lowest BCUT2D eigenvalue weighted by Gasteiger charge is -2.36. The summed E-state index contributed by atoms with van der Waals surface area (Å²) in [5.74, 6) is 1.47. The number of piperidine rings is 1. The van der Waals surface area contributed by atoms with E-state index in [1.165, 1.54) is 19.3 Å². The van der Waals surface area contributed by atoms with E-state index in [-0.39, 0.29) is 5.78 Å². The fourth-order valence-electron chi connectivity index (χ4n) is 3.76. The molecule has 3 rings (SSSR count). The minimum absolute atomic E-state index is 0.221. The van der Waals surface area contributed by atoms with E-state index in [0.717, 1.165) is 42.3 Å². The van der Waals surface area contributed by atoms with Crippen LogP contribution in [0.25, 0.3) is 0 Å². The van der Waals surface area contributed by atoms with Gasteiger partial charge in [-0.1, -0.05) is 13.8 Å². The molecule has 1 aromatic heterocycles. The van der Waals surface area contributed by atoms with Gasteiger partial charge in [-0.2, -0.15) is 0 Å². The van der Waals surface area contributed by atoms with Crippen molar-refractivity contribution in [1.29, 1.82) is 0 Å². The predicted octanol–water partition coefficient (Wildman–Crippen LogP) is 3.32. The monoisotopic (exact) mass is 287 g/mol. The molecule has 0 N–H and O–H groups in total. The van der Waals surface area contributed by atoms with E-state index in [1.54, 1.807) is 0 Å². The van der Waals surface area contributed by atoms with Crippen LogP contribution in [0.4, 0.5) is 5.95 Å². The first-order chi connectivity index (χ1) is 10.1. The average molecular weight is 287 g/mol. The average Bonchev–Trinajstić information content (AvgIpc) is 2.45. The molecule has 1 saturated heterocycles. The van der Waals surface area contributed by atoms with Crippen molar-refractivity contribution in [3.05, 3.63) is 17.0 Å². The first kappa shape index (κ1) is 14.5. The number of nitrogens with zero attached hydrogens (tertiary/aromatic N) is 3. The van der Waals surface area contributed by atoms with Crippen molar-refractivity contribution in [1.82, 2.24) is 9.97 Å². The normalized spacial score (nSPS) is 25.9. The molecule has 114 valence electrons. The van der Waals surface area contributed by atoms with Crippen LogP contribution in [0, 0.1) is 12.8 Å². The SMILES string of the molecule is CCC1CCCCN1c1nc(C)c2c(n1)CC(C)CC2=O. The van der Waals surface area contributed by atoms with Crippen LogP contribution in [-0.4, -0.2) is 28.3 Å². The van der Waals surface area contributed by atoms with Gasteiger partial charge in [0.2, 0.25) is 5.95 Å². The van der Waals surface area contributed by atoms with Gasteiger partial charge in [-0.05, 0) is 44.9 Å². The highest BCUT2D eigenvalue weighted by molar-refractivity contribution is 5.99. The fraction of sp³-hybridized carbons (Fsp3) is 0.706. The van der Waals surface area contributed by atoms with Crippen molar-refractivity contribution in [3.8, 4) is 0 Å². The first-order valence-corrected chi connectivity index (χ1v) is 8.27. The second-order valence-electron chi connectivity index (χ2n) is 6.62. The molecule has 0 amide bonds. The van der Waals surface area contributed by atoms with Crippen LogP contribution in [0.1, 0.15) is 67.7 Å². The maximum absolute atomic E-state index is 12.2. The fourth-order valence-corrected chi connectivity index (χ4v) is 3.76. The zero-order chi connectivity index (χ0) is 15.0. The third-order valence-electron chi connectivity index (χ3n) is 4.86. The van der Waals surface area contributed by atoms with Gasteiger partial charge in [0.15, 0.2) is 5.78 Å². The molecule has 2 atom stereocenters. The van der Waals surface area contributed by atoms with Gasteiger partial charge in [-0.25, -0.2) is 9.97 Å². The van der Waals surface area contributed by atoms with E-state index in [1.807, 2.05) is 6.92 Å². The van der Waals surface area contributed by atoms with Crippen molar-refractivity contribution in [2.24, 2.45) is 5.92 Å². The standard InChI is InChI=1S/C17H25N3O/c1-4-13-7-5-6-8-20(13)17-18-12(3)16-14(19-17)9-11(2)10-15(16)21/h11,13H,4-10H2,1-3H3. The number of aryl methyl sites for hydroxylation is 1. The maximum atomic E-state index is 12.2. The maximum Gasteiger partial charge on any atom is 0.226 e. The van der Waals surface area contributed by atoms with E-state index < -0.39 is 0 Å². The summed E-state index contributed by atoms with van der Waals surface area (Å²) in [6.07, 6.45) is 6.42. The van der Waals surface area contributed by atoms with Gasteiger partial charge in [0.1, 0.15) is 0 Å². The number of rotatable bonds is 2. The molecule has 2 aliphatic rings. The van der Waals surface area contributed by atoms with Crippen LogP contribution in [0.5, 0.6) is 0 Å². The summed E-state index contributed by atoms with van der Waals surface area (Å²) in [7, 11) is 0. The molecule has 0 bridgehead atoms. The molecule has 1 aliphatic heterocycles. The van der Waals surface area contributed by atoms with Crippen molar-refractivity contribution in [3.63, 3.8) is 0 Å². The van der Waals surface area contributed by atoms with Gasteiger partial charge < -0.3 is 4.90 Å². The number of anilines is 1. The summed E-state index contributed by atoms with van der Waals surface area (Å²) in [5.41, 5.74) is 2.64. The Kier molecular flexibility index (Phi) is 3.96. The summed E-state index contributed by atoms with van der Waals surface area (Å²) in [5, 5.41) is 0. The van der Waals surface area contributed by atoms with Gasteiger partial charge in [-0.15, -0.1) is 0 Å². The number of hydrogen-bond acceptors (Lipinski definition) is 4. The van der Waals surface area contributed by atoms with E-state index in [4.69, 9.17) is 4.98 Å². The summed E-state index contributed by atoms with van der Waals surface area (Å²) < 4.78 is 0. The Balaban J connectivity index is 1.99. The van der Waals surface area contributed by atoms with Crippen molar-refractivity contribution in [2.45, 2.75) is 65.3 Å². The number of carbonyl (C=O) groups excluding carboxylic acids is 1. The lowest BCUT2D eigenvalue weighted by molar-refractivity contribution is 0.0951. The number of carbonyl (C=O) groups is 1. The quantitative estimate of drug-likeness (QED) is 0.837. The zero-order valence-corrected chi connectivity index (χ0v) is 13.4. The number of ketones is 1. The van der Waals surface area contributed by atoms with Crippen molar-refractivity contribution >= 4 is 11.7 Å². The number of fused-ring (bicyclic) bond motifs is 1. The molecule has 2 unspecified atom stereocenters. The lowest BCUT2D eigenvalue weighted by Crippen LogP contribution is -2.40. The van der Waals surface area contributed by atoms with Gasteiger partial charge >= 0.3 is 0 Å². The Morgan fingerprint density at radius 3 is 2.81 bits per heavy atom. The first-order valence-electron chi connectivity index (χ1n) is 8.27. The Morgan fingerprint density at radius 1 is 1.24 bits per heavy atom. The van der Waals surface area contributed by atoms with Crippen LogP contribution >= 0.6 is 0 Å². The number of hydrogen-bond donors (Lipinski definition) is 0. The molecule has 1 fully saturated rings. The highest BCUT2D eigenvalue weighted by Crippen LogP contribution is 2.30. The number of Topliss-reactive ketones (excluding diaryl/α,β-unsaturated/α-hetero) is 1. The smallest absolute Gasteiger partial charge is 0.226 e. The lowest BCUT2D eigenvalue weighted by atomic mass is 9.86. The van der Waals surface area contributed by atoms with Gasteiger partial charge in [0.25, 0.3) is 0 Å². The third-order valence-corrected chi connectivity index (χ3v) is 4.86. The molecule has 21 heavy (non-hydrogen) atoms. The Bertz CT molecular complexity index is 555. The van der Waals surface area contributed by atoms with Crippen LogP contribution < -0.4 is 4.90 Å². The van der Waals surface area contributed by atoms with E-state index >= 15 is 0 Å². The molecule has 0 aromatic carbocycles. The minimum atomic E-state index is 0.221. The van der Waals surface area contributed by atoms with E-state index in [2.05, 4.69) is 23.7 Å². The van der Waals surface area contributed by atoms with Crippen molar-refractivity contribution < 1.29 is 4.79 Å². The van der Waals surface area contributed by atoms with E-state index in [0.29, 0.717) is 18.4 Å². The Morgan fingerprint density at radius 2 is 2.05 bits per heavy atom. The molecule has 0 spiro atoms. The molecule has 1 aliphatic carbocycles. The zero-order valence-electron chi connectivity index (χ0n) is 13.4. The largest absolute Gasteiger partial charge is 0.338 e. The molecule has 1 aromatic rings. The topological polar surface area (TPSA) is 46.1 Å². The summed E-state index contributed by atoms with van der Waals surface area (Å²) in [4.78, 5) is 24.1. The van der Waals surface area contributed by atoms with Crippen LogP contribution in [0.2, 0.25) is 0 Å². The Labute approximate surface area is 127 Å². The van der Waals surface area contributed by atoms with Crippen LogP contribution in [-0.2, 0) is 6.42 Å². The second-order valence-corrected chi connectivity index (χ2v) is 6.62. The molecule has 2 heterocycles. The minimum Gasteiger partial charge on any atom is -0.338 e. The van der Waals surface area contributed by atoms with Gasteiger partial charge in [0.05, 0.1) is 17.0 Å². The third kappa shape index (κ3) is 2.68. The second kappa shape index (κ2) is 5.74. The Hall–Kier alpha value is -1.45.